The van der Waals surface area contributed by atoms with Gasteiger partial charge in [0.1, 0.15) is 0 Å². The van der Waals surface area contributed by atoms with E-state index in [1.165, 1.54) is 66.0 Å². The molecule has 9 aromatic rings. The number of nitrogens with one attached hydrogen (secondary N) is 1. The molecule has 0 aliphatic carbocycles. The zero-order chi connectivity index (χ0) is 31.9. The summed E-state index contributed by atoms with van der Waals surface area (Å²) in [4.78, 5) is 0. The van der Waals surface area contributed by atoms with Crippen molar-refractivity contribution in [1.82, 2.24) is 4.57 Å². The maximum absolute atomic E-state index is 3.81. The molecule has 1 aromatic heterocycles. The Kier molecular flexibility index (Phi) is 6.84. The van der Waals surface area contributed by atoms with Crippen LogP contribution in [0.25, 0.3) is 71.6 Å². The standard InChI is InChI=1S/C46H32N2/c1-3-13-32(14-4-1)35-19-11-20-36(29-35)38-21-12-22-40(31-38)48-43-24-10-9-23-41(43)46-44(48)28-27-42(45(46)34-16-5-2-6-17-34)47-39-26-25-33-15-7-8-18-37(33)30-39/h1-31,47H. The summed E-state index contributed by atoms with van der Waals surface area (Å²) in [6.45, 7) is 0. The van der Waals surface area contributed by atoms with E-state index in [9.17, 15) is 0 Å². The van der Waals surface area contributed by atoms with Crippen molar-refractivity contribution < 1.29 is 0 Å². The average Bonchev–Trinajstić information content (AvgIpc) is 3.50. The first-order valence-corrected chi connectivity index (χ1v) is 16.4. The van der Waals surface area contributed by atoms with Gasteiger partial charge in [-0.1, -0.05) is 140 Å². The van der Waals surface area contributed by atoms with Crippen LogP contribution in [0.3, 0.4) is 0 Å². The van der Waals surface area contributed by atoms with Gasteiger partial charge in [0, 0.05) is 33.4 Å². The number of hydrogen-bond acceptors (Lipinski definition) is 1. The zero-order valence-corrected chi connectivity index (χ0v) is 26.3. The lowest BCUT2D eigenvalue weighted by Gasteiger charge is -2.16. The molecule has 0 aliphatic heterocycles. The highest BCUT2D eigenvalue weighted by Gasteiger charge is 2.19. The number of nitrogens with zero attached hydrogens (tertiary/aromatic N) is 1. The van der Waals surface area contributed by atoms with Gasteiger partial charge in [0.15, 0.2) is 0 Å². The molecule has 0 atom stereocenters. The lowest BCUT2D eigenvalue weighted by Crippen LogP contribution is -1.97. The van der Waals surface area contributed by atoms with Crippen LogP contribution in [0.1, 0.15) is 0 Å². The molecule has 48 heavy (non-hydrogen) atoms. The monoisotopic (exact) mass is 612 g/mol. The fourth-order valence-corrected chi connectivity index (χ4v) is 7.10. The summed E-state index contributed by atoms with van der Waals surface area (Å²) in [7, 11) is 0. The number of aromatic nitrogens is 1. The molecule has 1 N–H and O–H groups in total. The quantitative estimate of drug-likeness (QED) is 0.198. The molecule has 0 fully saturated rings. The molecule has 1 heterocycles. The highest BCUT2D eigenvalue weighted by molar-refractivity contribution is 6.18. The minimum atomic E-state index is 1.07. The van der Waals surface area contributed by atoms with E-state index in [-0.39, 0.29) is 0 Å². The molecule has 0 amide bonds. The minimum Gasteiger partial charge on any atom is -0.355 e. The number of hydrogen-bond donors (Lipinski definition) is 1. The molecule has 0 unspecified atom stereocenters. The highest BCUT2D eigenvalue weighted by Crippen LogP contribution is 2.43. The Balaban J connectivity index is 1.23. The molecule has 0 saturated carbocycles. The molecular formula is C46H32N2. The van der Waals surface area contributed by atoms with Gasteiger partial charge in [0.2, 0.25) is 0 Å². The Bertz CT molecular complexity index is 2580. The largest absolute Gasteiger partial charge is 0.355 e. The zero-order valence-electron chi connectivity index (χ0n) is 26.3. The Morgan fingerprint density at radius 2 is 1.00 bits per heavy atom. The summed E-state index contributed by atoms with van der Waals surface area (Å²) in [5.41, 5.74) is 12.9. The average molecular weight is 613 g/mol. The van der Waals surface area contributed by atoms with Crippen LogP contribution in [-0.2, 0) is 0 Å². The van der Waals surface area contributed by atoms with Crippen LogP contribution in [0.2, 0.25) is 0 Å². The molecule has 0 aliphatic rings. The van der Waals surface area contributed by atoms with E-state index in [0.717, 1.165) is 17.1 Å². The van der Waals surface area contributed by atoms with Crippen molar-refractivity contribution in [3.05, 3.63) is 188 Å². The molecule has 2 nitrogen and oxygen atoms in total. The van der Waals surface area contributed by atoms with Gasteiger partial charge < -0.3 is 9.88 Å². The fraction of sp³-hybridized carbons (Fsp3) is 0. The lowest BCUT2D eigenvalue weighted by molar-refractivity contribution is 1.18. The molecular weight excluding hydrogens is 581 g/mol. The topological polar surface area (TPSA) is 17.0 Å². The van der Waals surface area contributed by atoms with Crippen LogP contribution >= 0.6 is 0 Å². The van der Waals surface area contributed by atoms with E-state index in [0.29, 0.717) is 0 Å². The van der Waals surface area contributed by atoms with Gasteiger partial charge >= 0.3 is 0 Å². The van der Waals surface area contributed by atoms with Gasteiger partial charge in [-0.2, -0.15) is 0 Å². The van der Waals surface area contributed by atoms with Crippen LogP contribution in [0.4, 0.5) is 11.4 Å². The second kappa shape index (κ2) is 11.8. The summed E-state index contributed by atoms with van der Waals surface area (Å²) in [5, 5.41) is 8.72. The molecule has 0 spiro atoms. The van der Waals surface area contributed by atoms with Crippen molar-refractivity contribution in [2.24, 2.45) is 0 Å². The number of anilines is 2. The van der Waals surface area contributed by atoms with E-state index in [1.54, 1.807) is 0 Å². The molecule has 0 saturated heterocycles. The summed E-state index contributed by atoms with van der Waals surface area (Å²) >= 11 is 0. The Hall–Kier alpha value is -6.38. The van der Waals surface area contributed by atoms with Gasteiger partial charge in [-0.25, -0.2) is 0 Å². The second-order valence-corrected chi connectivity index (χ2v) is 12.3. The van der Waals surface area contributed by atoms with Crippen LogP contribution in [-0.4, -0.2) is 4.57 Å². The number of fused-ring (bicyclic) bond motifs is 4. The van der Waals surface area contributed by atoms with Crippen LogP contribution < -0.4 is 5.32 Å². The Morgan fingerprint density at radius 3 is 1.81 bits per heavy atom. The van der Waals surface area contributed by atoms with Crippen LogP contribution in [0, 0.1) is 0 Å². The van der Waals surface area contributed by atoms with Crippen molar-refractivity contribution in [3.8, 4) is 39.1 Å². The van der Waals surface area contributed by atoms with Gasteiger partial charge in [-0.3, -0.25) is 0 Å². The fourth-order valence-electron chi connectivity index (χ4n) is 7.10. The van der Waals surface area contributed by atoms with E-state index >= 15 is 0 Å². The Labute approximate surface area is 280 Å². The predicted octanol–water partition coefficient (Wildman–Crippen LogP) is 12.7. The van der Waals surface area contributed by atoms with Gasteiger partial charge in [0.05, 0.1) is 11.0 Å². The third kappa shape index (κ3) is 4.92. The van der Waals surface area contributed by atoms with E-state index in [2.05, 4.69) is 198 Å². The maximum Gasteiger partial charge on any atom is 0.0548 e. The van der Waals surface area contributed by atoms with Crippen molar-refractivity contribution in [1.29, 1.82) is 0 Å². The first kappa shape index (κ1) is 27.9. The van der Waals surface area contributed by atoms with Crippen molar-refractivity contribution in [2.45, 2.75) is 0 Å². The molecule has 226 valence electrons. The smallest absolute Gasteiger partial charge is 0.0548 e. The highest BCUT2D eigenvalue weighted by atomic mass is 15.0. The first-order chi connectivity index (χ1) is 23.8. The molecule has 9 rings (SSSR count). The predicted molar refractivity (Wildman–Crippen MR) is 204 cm³/mol. The number of benzene rings is 8. The van der Waals surface area contributed by atoms with Crippen molar-refractivity contribution >= 4 is 44.0 Å². The second-order valence-electron chi connectivity index (χ2n) is 12.3. The summed E-state index contributed by atoms with van der Waals surface area (Å²) in [5.74, 6) is 0. The van der Waals surface area contributed by atoms with Gasteiger partial charge in [-0.05, 0) is 87.1 Å². The third-order valence-corrected chi connectivity index (χ3v) is 9.34. The molecule has 8 aromatic carbocycles. The first-order valence-electron chi connectivity index (χ1n) is 16.4. The maximum atomic E-state index is 3.81. The number of para-hydroxylation sites is 1. The third-order valence-electron chi connectivity index (χ3n) is 9.34. The lowest BCUT2D eigenvalue weighted by atomic mass is 9.97. The summed E-state index contributed by atoms with van der Waals surface area (Å²) < 4.78 is 2.42. The molecule has 2 heteroatoms. The van der Waals surface area contributed by atoms with Gasteiger partial charge in [0.25, 0.3) is 0 Å². The minimum absolute atomic E-state index is 1.07. The van der Waals surface area contributed by atoms with E-state index in [4.69, 9.17) is 0 Å². The van der Waals surface area contributed by atoms with Crippen LogP contribution in [0.5, 0.6) is 0 Å². The number of rotatable bonds is 6. The summed E-state index contributed by atoms with van der Waals surface area (Å²) in [6.07, 6.45) is 0. The van der Waals surface area contributed by atoms with Crippen molar-refractivity contribution in [3.63, 3.8) is 0 Å². The molecule has 0 radical (unpaired) electrons. The Morgan fingerprint density at radius 1 is 0.375 bits per heavy atom. The van der Waals surface area contributed by atoms with Crippen molar-refractivity contribution in [2.75, 3.05) is 5.32 Å². The van der Waals surface area contributed by atoms with Gasteiger partial charge in [-0.15, -0.1) is 0 Å². The van der Waals surface area contributed by atoms with E-state index < -0.39 is 0 Å². The summed E-state index contributed by atoms with van der Waals surface area (Å²) in [6, 6.07) is 67.5. The SMILES string of the molecule is c1ccc(-c2cccc(-c3cccc(-n4c5ccccc5c5c(-c6ccccc6)c(Nc6ccc7ccccc7c6)ccc54)c3)c2)cc1. The van der Waals surface area contributed by atoms with E-state index in [1.807, 2.05) is 0 Å². The molecule has 0 bridgehead atoms. The normalized spacial score (nSPS) is 11.3. The van der Waals surface area contributed by atoms with Crippen LogP contribution in [0.15, 0.2) is 188 Å².